The monoisotopic (exact) mass is 310 g/mol. The minimum atomic E-state index is -1.03. The molecule has 0 fully saturated rings. The van der Waals surface area contributed by atoms with Gasteiger partial charge in [-0.15, -0.1) is 0 Å². The number of halogens is 1. The molecule has 4 rings (SSSR count). The summed E-state index contributed by atoms with van der Waals surface area (Å²) in [4.78, 5) is 0. The number of aliphatic hydroxyl groups is 1. The summed E-state index contributed by atoms with van der Waals surface area (Å²) in [6, 6.07) is 12.9. The third-order valence-electron chi connectivity index (χ3n) is 4.70. The summed E-state index contributed by atoms with van der Waals surface area (Å²) in [6.45, 7) is 4.04. The molecule has 0 bridgehead atoms. The van der Waals surface area contributed by atoms with Gasteiger partial charge in [0.1, 0.15) is 5.82 Å². The van der Waals surface area contributed by atoms with Crippen molar-refractivity contribution in [1.82, 2.24) is 0 Å². The molecule has 2 aromatic rings. The molecule has 2 aromatic carbocycles. The molecule has 0 radical (unpaired) electrons. The smallest absolute Gasteiger partial charge is 0.123 e. The van der Waals surface area contributed by atoms with Gasteiger partial charge in [0.05, 0.1) is 18.3 Å². The van der Waals surface area contributed by atoms with Gasteiger partial charge in [0, 0.05) is 6.42 Å². The van der Waals surface area contributed by atoms with Crippen LogP contribution in [-0.2, 0) is 17.8 Å². The third kappa shape index (κ3) is 2.32. The van der Waals surface area contributed by atoms with Crippen molar-refractivity contribution < 1.29 is 14.2 Å². The first-order valence-electron chi connectivity index (χ1n) is 7.91. The maximum atomic E-state index is 13.8. The zero-order chi connectivity index (χ0) is 16.2. The lowest BCUT2D eigenvalue weighted by Crippen LogP contribution is -2.34. The van der Waals surface area contributed by atoms with Crippen LogP contribution in [0.5, 0.6) is 0 Å². The third-order valence-corrected chi connectivity index (χ3v) is 4.70. The molecule has 3 heteroatoms. The van der Waals surface area contributed by atoms with E-state index >= 15 is 0 Å². The first kappa shape index (κ1) is 14.6. The number of hydrogen-bond acceptors (Lipinski definition) is 2. The zero-order valence-electron chi connectivity index (χ0n) is 13.3. The van der Waals surface area contributed by atoms with Gasteiger partial charge < -0.3 is 9.84 Å². The van der Waals surface area contributed by atoms with Gasteiger partial charge in [-0.1, -0.05) is 30.3 Å². The molecule has 23 heavy (non-hydrogen) atoms. The van der Waals surface area contributed by atoms with Gasteiger partial charge in [-0.3, -0.25) is 0 Å². The van der Waals surface area contributed by atoms with E-state index in [4.69, 9.17) is 4.74 Å². The van der Waals surface area contributed by atoms with Crippen LogP contribution in [0.1, 0.15) is 36.1 Å². The predicted octanol–water partition coefficient (Wildman–Crippen LogP) is 3.96. The fourth-order valence-electron chi connectivity index (χ4n) is 3.78. The lowest BCUT2D eigenvalue weighted by atomic mass is 9.73. The van der Waals surface area contributed by atoms with E-state index in [9.17, 15) is 9.50 Å². The highest BCUT2D eigenvalue weighted by atomic mass is 19.1. The summed E-state index contributed by atoms with van der Waals surface area (Å²) < 4.78 is 19.9. The lowest BCUT2D eigenvalue weighted by Gasteiger charge is -2.39. The molecule has 1 aliphatic heterocycles. The Hall–Kier alpha value is -1.97. The van der Waals surface area contributed by atoms with Crippen LogP contribution in [0, 0.1) is 5.82 Å². The molecule has 0 saturated carbocycles. The van der Waals surface area contributed by atoms with Crippen LogP contribution in [0.3, 0.4) is 0 Å². The molecule has 0 amide bonds. The van der Waals surface area contributed by atoms with Crippen LogP contribution < -0.4 is 0 Å². The van der Waals surface area contributed by atoms with Gasteiger partial charge in [0.15, 0.2) is 0 Å². The van der Waals surface area contributed by atoms with Crippen molar-refractivity contribution in [2.75, 3.05) is 0 Å². The topological polar surface area (TPSA) is 29.5 Å². The van der Waals surface area contributed by atoms with Crippen molar-refractivity contribution in [3.63, 3.8) is 0 Å². The van der Waals surface area contributed by atoms with Crippen LogP contribution in [0.2, 0.25) is 0 Å². The van der Waals surface area contributed by atoms with E-state index in [0.29, 0.717) is 6.61 Å². The van der Waals surface area contributed by atoms with Crippen LogP contribution in [-0.4, -0.2) is 16.8 Å². The van der Waals surface area contributed by atoms with Gasteiger partial charge in [0.2, 0.25) is 0 Å². The molecule has 1 heterocycles. The molecule has 0 aromatic heterocycles. The van der Waals surface area contributed by atoms with E-state index in [-0.39, 0.29) is 11.9 Å². The Kier molecular flexibility index (Phi) is 3.19. The Balaban J connectivity index is 2.07. The average Bonchev–Trinajstić information content (AvgIpc) is 2.51. The van der Waals surface area contributed by atoms with E-state index in [0.717, 1.165) is 34.3 Å². The van der Waals surface area contributed by atoms with E-state index in [1.54, 1.807) is 26.0 Å². The Bertz CT molecular complexity index is 815. The van der Waals surface area contributed by atoms with Crippen molar-refractivity contribution in [3.05, 3.63) is 70.5 Å². The molecule has 118 valence electrons. The molecular weight excluding hydrogens is 291 g/mol. The summed E-state index contributed by atoms with van der Waals surface area (Å²) in [7, 11) is 0. The zero-order valence-corrected chi connectivity index (χ0v) is 13.3. The van der Waals surface area contributed by atoms with Crippen molar-refractivity contribution in [2.45, 2.75) is 38.6 Å². The highest BCUT2D eigenvalue weighted by molar-refractivity contribution is 5.99. The Morgan fingerprint density at radius 3 is 2.65 bits per heavy atom. The first-order valence-corrected chi connectivity index (χ1v) is 7.91. The molecule has 1 atom stereocenters. The number of fused-ring (bicyclic) bond motifs is 4. The maximum absolute atomic E-state index is 13.8. The number of rotatable bonds is 1. The van der Waals surface area contributed by atoms with Crippen molar-refractivity contribution in [1.29, 1.82) is 0 Å². The fourth-order valence-corrected chi connectivity index (χ4v) is 3.78. The first-order chi connectivity index (χ1) is 10.9. The number of hydrogen-bond donors (Lipinski definition) is 1. The van der Waals surface area contributed by atoms with E-state index in [2.05, 4.69) is 6.07 Å². The van der Waals surface area contributed by atoms with E-state index < -0.39 is 5.60 Å². The van der Waals surface area contributed by atoms with Gasteiger partial charge in [-0.2, -0.15) is 0 Å². The summed E-state index contributed by atoms with van der Waals surface area (Å²) in [5.41, 5.74) is 4.78. The highest BCUT2D eigenvalue weighted by Gasteiger charge is 2.38. The van der Waals surface area contributed by atoms with Crippen LogP contribution in [0.4, 0.5) is 4.39 Å². The largest absolute Gasteiger partial charge is 0.386 e. The molecule has 0 saturated heterocycles. The second kappa shape index (κ2) is 5.02. The summed E-state index contributed by atoms with van der Waals surface area (Å²) in [5.74, 6) is -0.258. The van der Waals surface area contributed by atoms with E-state index in [1.807, 2.05) is 18.2 Å². The summed E-state index contributed by atoms with van der Waals surface area (Å²) in [6.07, 6.45) is 0.613. The Morgan fingerprint density at radius 1 is 1.09 bits per heavy atom. The SMILES string of the molecule is CC(C)(O)C1=C2c3cc(F)ccc3COC2Cc2ccccc21. The molecule has 0 spiro atoms. The minimum Gasteiger partial charge on any atom is -0.386 e. The molecule has 1 unspecified atom stereocenters. The average molecular weight is 310 g/mol. The second-order valence-corrected chi connectivity index (χ2v) is 6.81. The standard InChI is InChI=1S/C20H19FO2/c1-20(2,22)19-15-6-4-3-5-12(15)9-17-18(19)16-10-14(21)8-7-13(16)11-23-17/h3-8,10,17,22H,9,11H2,1-2H3. The van der Waals surface area contributed by atoms with Crippen molar-refractivity contribution in [2.24, 2.45) is 0 Å². The fraction of sp³-hybridized carbons (Fsp3) is 0.300. The molecular formula is C20H19FO2. The van der Waals surface area contributed by atoms with E-state index in [1.165, 1.54) is 11.6 Å². The van der Waals surface area contributed by atoms with Gasteiger partial charge in [-0.25, -0.2) is 4.39 Å². The van der Waals surface area contributed by atoms with Crippen molar-refractivity contribution in [3.8, 4) is 0 Å². The number of ether oxygens (including phenoxy) is 1. The lowest BCUT2D eigenvalue weighted by molar-refractivity contribution is 0.0685. The summed E-state index contributed by atoms with van der Waals surface area (Å²) >= 11 is 0. The molecule has 1 N–H and O–H groups in total. The van der Waals surface area contributed by atoms with Gasteiger partial charge >= 0.3 is 0 Å². The minimum absolute atomic E-state index is 0.138. The summed E-state index contributed by atoms with van der Waals surface area (Å²) in [5, 5.41) is 10.8. The number of benzene rings is 2. The van der Waals surface area contributed by atoms with Gasteiger partial charge in [-0.05, 0) is 59.4 Å². The Labute approximate surface area is 135 Å². The molecule has 1 aliphatic carbocycles. The normalized spacial score (nSPS) is 19.9. The second-order valence-electron chi connectivity index (χ2n) is 6.81. The maximum Gasteiger partial charge on any atom is 0.123 e. The predicted molar refractivity (Wildman–Crippen MR) is 88.2 cm³/mol. The van der Waals surface area contributed by atoms with Crippen LogP contribution in [0.25, 0.3) is 11.1 Å². The van der Waals surface area contributed by atoms with Gasteiger partial charge in [0.25, 0.3) is 0 Å². The van der Waals surface area contributed by atoms with Crippen LogP contribution in [0.15, 0.2) is 42.5 Å². The Morgan fingerprint density at radius 2 is 1.87 bits per heavy atom. The van der Waals surface area contributed by atoms with Crippen LogP contribution >= 0.6 is 0 Å². The highest BCUT2D eigenvalue weighted by Crippen LogP contribution is 2.46. The molecule has 2 nitrogen and oxygen atoms in total. The molecule has 2 aliphatic rings. The quantitative estimate of drug-likeness (QED) is 0.864. The van der Waals surface area contributed by atoms with Crippen molar-refractivity contribution >= 4 is 11.1 Å².